The van der Waals surface area contributed by atoms with Crippen molar-refractivity contribution in [2.75, 3.05) is 27.9 Å². The number of carbonyl (C=O) groups is 1. The lowest BCUT2D eigenvalue weighted by Crippen LogP contribution is -2.56. The zero-order valence-corrected chi connectivity index (χ0v) is 18.9. The van der Waals surface area contributed by atoms with E-state index in [-0.39, 0.29) is 53.1 Å². The van der Waals surface area contributed by atoms with E-state index in [0.717, 1.165) is 0 Å². The highest BCUT2D eigenvalue weighted by Gasteiger charge is 2.44. The Kier molecular flexibility index (Phi) is 7.92. The third-order valence-electron chi connectivity index (χ3n) is 5.67. The number of aromatic hydroxyl groups is 2. The zero-order valence-electron chi connectivity index (χ0n) is 18.9. The van der Waals surface area contributed by atoms with Gasteiger partial charge in [0.2, 0.25) is 5.75 Å². The maximum Gasteiger partial charge on any atom is 0.338 e. The van der Waals surface area contributed by atoms with Crippen molar-refractivity contribution in [2.45, 2.75) is 30.8 Å². The number of phenols is 2. The van der Waals surface area contributed by atoms with Gasteiger partial charge in [-0.25, -0.2) is 4.79 Å². The van der Waals surface area contributed by atoms with Crippen LogP contribution in [0.2, 0.25) is 0 Å². The fraction of sp³-hybridized carbons (Fsp3) is 0.435. The summed E-state index contributed by atoms with van der Waals surface area (Å²) in [6, 6.07) is 6.70. The maximum absolute atomic E-state index is 12.6. The van der Waals surface area contributed by atoms with E-state index in [1.165, 1.54) is 51.7 Å². The highest BCUT2D eigenvalue weighted by molar-refractivity contribution is 5.91. The second-order valence-electron chi connectivity index (χ2n) is 7.79. The summed E-state index contributed by atoms with van der Waals surface area (Å²) in [5.41, 5.74) is 0.0408. The molecular formula is C23H28O11. The van der Waals surface area contributed by atoms with Gasteiger partial charge in [-0.3, -0.25) is 0 Å². The van der Waals surface area contributed by atoms with Crippen LogP contribution in [0.1, 0.15) is 16.8 Å². The van der Waals surface area contributed by atoms with Gasteiger partial charge in [-0.15, -0.1) is 0 Å². The monoisotopic (exact) mass is 480 g/mol. The summed E-state index contributed by atoms with van der Waals surface area (Å²) in [5.74, 6) is -1.41. The third-order valence-corrected chi connectivity index (χ3v) is 5.67. The summed E-state index contributed by atoms with van der Waals surface area (Å²) in [6.07, 6.45) is -5.29. The van der Waals surface area contributed by atoms with Gasteiger partial charge in [-0.05, 0) is 30.7 Å². The molecule has 0 aromatic heterocycles. The van der Waals surface area contributed by atoms with Crippen LogP contribution in [-0.2, 0) is 4.74 Å². The van der Waals surface area contributed by atoms with Crippen molar-refractivity contribution in [3.63, 3.8) is 0 Å². The van der Waals surface area contributed by atoms with Crippen molar-refractivity contribution in [2.24, 2.45) is 5.92 Å². The largest absolute Gasteiger partial charge is 0.508 e. The van der Waals surface area contributed by atoms with Gasteiger partial charge < -0.3 is 49.2 Å². The lowest BCUT2D eigenvalue weighted by Gasteiger charge is -2.40. The lowest BCUT2D eigenvalue weighted by atomic mass is 9.81. The molecule has 3 rings (SSSR count). The van der Waals surface area contributed by atoms with Gasteiger partial charge in [0.25, 0.3) is 0 Å². The molecule has 1 saturated carbocycles. The Labute approximate surface area is 195 Å². The van der Waals surface area contributed by atoms with Crippen molar-refractivity contribution in [3.05, 3.63) is 35.9 Å². The zero-order chi connectivity index (χ0) is 25.0. The van der Waals surface area contributed by atoms with Crippen LogP contribution in [0.25, 0.3) is 0 Å². The molecule has 2 aromatic carbocycles. The number of ether oxygens (including phenoxy) is 5. The van der Waals surface area contributed by atoms with Crippen LogP contribution < -0.4 is 18.9 Å². The molecule has 0 amide bonds. The van der Waals surface area contributed by atoms with Crippen molar-refractivity contribution < 1.29 is 54.0 Å². The molecule has 186 valence electrons. The first-order chi connectivity index (χ1) is 16.2. The third kappa shape index (κ3) is 5.22. The van der Waals surface area contributed by atoms with Gasteiger partial charge in [0.15, 0.2) is 23.0 Å². The second kappa shape index (κ2) is 10.7. The summed E-state index contributed by atoms with van der Waals surface area (Å²) in [4.78, 5) is 12.6. The second-order valence-corrected chi connectivity index (χ2v) is 7.79. The van der Waals surface area contributed by atoms with E-state index in [2.05, 4.69) is 0 Å². The molecule has 0 heterocycles. The number of benzene rings is 2. The first-order valence-electron chi connectivity index (χ1n) is 10.4. The molecule has 1 aliphatic carbocycles. The van der Waals surface area contributed by atoms with E-state index in [1.807, 2.05) is 0 Å². The number of hydrogen-bond acceptors (Lipinski definition) is 11. The van der Waals surface area contributed by atoms with Crippen molar-refractivity contribution in [1.82, 2.24) is 0 Å². The Morgan fingerprint density at radius 1 is 0.853 bits per heavy atom. The number of carbonyl (C=O) groups excluding carboxylic acids is 1. The first-order valence-corrected chi connectivity index (χ1v) is 10.4. The molecule has 11 heteroatoms. The van der Waals surface area contributed by atoms with Crippen molar-refractivity contribution >= 4 is 5.97 Å². The molecular weight excluding hydrogens is 452 g/mol. The molecule has 0 bridgehead atoms. The Morgan fingerprint density at radius 2 is 1.47 bits per heavy atom. The average molecular weight is 480 g/mol. The van der Waals surface area contributed by atoms with Crippen LogP contribution in [0.3, 0.4) is 0 Å². The number of aliphatic hydroxyl groups is 3. The highest BCUT2D eigenvalue weighted by Crippen LogP contribution is 2.38. The number of phenolic OH excluding ortho intramolecular Hbond substituents is 2. The first kappa shape index (κ1) is 25.2. The van der Waals surface area contributed by atoms with Gasteiger partial charge in [0.05, 0.1) is 39.6 Å². The van der Waals surface area contributed by atoms with Crippen LogP contribution >= 0.6 is 0 Å². The van der Waals surface area contributed by atoms with E-state index in [9.17, 15) is 30.3 Å². The van der Waals surface area contributed by atoms with Gasteiger partial charge in [-0.2, -0.15) is 0 Å². The lowest BCUT2D eigenvalue weighted by molar-refractivity contribution is -0.157. The minimum atomic E-state index is -1.56. The topological polar surface area (TPSA) is 164 Å². The minimum absolute atomic E-state index is 0.0128. The van der Waals surface area contributed by atoms with E-state index in [0.29, 0.717) is 0 Å². The summed E-state index contributed by atoms with van der Waals surface area (Å²) in [5, 5.41) is 50.8. The Balaban J connectivity index is 1.72. The molecule has 0 unspecified atom stereocenters. The number of aliphatic hydroxyl groups excluding tert-OH is 3. The van der Waals surface area contributed by atoms with Crippen LogP contribution in [0.15, 0.2) is 30.3 Å². The SMILES string of the molecule is COc1cc(O)ccc1O[C@H]1C[C@H](COC(=O)c2cc(OC)c(O)c(OC)c2)[C@@H](O)[C@H](O)[C@H]1O. The molecule has 0 spiro atoms. The Bertz CT molecular complexity index is 983. The van der Waals surface area contributed by atoms with Crippen molar-refractivity contribution in [3.8, 4) is 34.5 Å². The van der Waals surface area contributed by atoms with Crippen LogP contribution in [0.5, 0.6) is 34.5 Å². The smallest absolute Gasteiger partial charge is 0.338 e. The molecule has 0 saturated heterocycles. The normalized spacial score (nSPS) is 24.2. The van der Waals surface area contributed by atoms with E-state index in [1.54, 1.807) is 0 Å². The van der Waals surface area contributed by atoms with E-state index in [4.69, 9.17) is 23.7 Å². The van der Waals surface area contributed by atoms with Gasteiger partial charge in [0, 0.05) is 12.0 Å². The molecule has 1 fully saturated rings. The number of rotatable bonds is 8. The van der Waals surface area contributed by atoms with Crippen LogP contribution in [-0.4, -0.2) is 83.9 Å². The quantitative estimate of drug-likeness (QED) is 0.340. The Morgan fingerprint density at radius 3 is 2.06 bits per heavy atom. The van der Waals surface area contributed by atoms with Gasteiger partial charge >= 0.3 is 5.97 Å². The summed E-state index contributed by atoms with van der Waals surface area (Å²) >= 11 is 0. The highest BCUT2D eigenvalue weighted by atomic mass is 16.5. The number of methoxy groups -OCH3 is 3. The predicted octanol–water partition coefficient (Wildman–Crippen LogP) is 0.831. The molecule has 34 heavy (non-hydrogen) atoms. The number of hydrogen-bond donors (Lipinski definition) is 5. The molecule has 11 nitrogen and oxygen atoms in total. The van der Waals surface area contributed by atoms with Crippen LogP contribution in [0.4, 0.5) is 0 Å². The van der Waals surface area contributed by atoms with Gasteiger partial charge in [0.1, 0.15) is 24.1 Å². The molecule has 0 aliphatic heterocycles. The molecule has 2 aromatic rings. The fourth-order valence-corrected chi connectivity index (χ4v) is 3.76. The van der Waals surface area contributed by atoms with Gasteiger partial charge in [-0.1, -0.05) is 0 Å². The Hall–Kier alpha value is -3.41. The number of esters is 1. The predicted molar refractivity (Wildman–Crippen MR) is 117 cm³/mol. The molecule has 1 aliphatic rings. The summed E-state index contributed by atoms with van der Waals surface area (Å²) in [7, 11) is 4.02. The fourth-order valence-electron chi connectivity index (χ4n) is 3.76. The van der Waals surface area contributed by atoms with E-state index >= 15 is 0 Å². The molecule has 5 atom stereocenters. The maximum atomic E-state index is 12.6. The molecule has 5 N–H and O–H groups in total. The average Bonchev–Trinajstić information content (AvgIpc) is 2.84. The standard InChI is InChI=1S/C23H28O11/c1-30-15-9-13(24)4-5-14(15)34-18-8-12(19(25)22(28)21(18)27)10-33-23(29)11-6-16(31-2)20(26)17(7-11)32-3/h4-7,9,12,18-19,21-22,24-28H,8,10H2,1-3H3/t12-,18+,19-,21+,22+/m1/s1. The summed E-state index contributed by atoms with van der Waals surface area (Å²) < 4.78 is 26.4. The minimum Gasteiger partial charge on any atom is -0.508 e. The van der Waals surface area contributed by atoms with E-state index < -0.39 is 36.3 Å². The van der Waals surface area contributed by atoms with Crippen molar-refractivity contribution in [1.29, 1.82) is 0 Å². The molecule has 0 radical (unpaired) electrons. The summed E-state index contributed by atoms with van der Waals surface area (Å²) in [6.45, 7) is -0.290. The van der Waals surface area contributed by atoms with Crippen LogP contribution in [0, 0.1) is 5.92 Å².